The summed E-state index contributed by atoms with van der Waals surface area (Å²) in [6.45, 7) is 1.00. The van der Waals surface area contributed by atoms with E-state index >= 15 is 0 Å². The molecule has 0 saturated carbocycles. The number of benzene rings is 1. The highest BCUT2D eigenvalue weighted by Gasteiger charge is 2.32. The molecule has 4 nitrogen and oxygen atoms in total. The summed E-state index contributed by atoms with van der Waals surface area (Å²) in [5.41, 5.74) is 0.180. The molecule has 0 radical (unpaired) electrons. The first-order chi connectivity index (χ1) is 9.90. The van der Waals surface area contributed by atoms with Gasteiger partial charge in [-0.05, 0) is 31.0 Å². The standard InChI is InChI=1S/C14H16F3NO3/c1-20-9-11-5-3-7-18(11)13(19)10-4-2-6-12(8-10)21-14(15,16)17/h2,4,6,8,11H,3,5,7,9H2,1H3. The smallest absolute Gasteiger partial charge is 0.406 e. The predicted octanol–water partition coefficient (Wildman–Crippen LogP) is 2.84. The number of hydrogen-bond acceptors (Lipinski definition) is 3. The maximum Gasteiger partial charge on any atom is 0.573 e. The first-order valence-corrected chi connectivity index (χ1v) is 6.56. The van der Waals surface area contributed by atoms with Gasteiger partial charge in [-0.15, -0.1) is 13.2 Å². The monoisotopic (exact) mass is 303 g/mol. The molecule has 1 atom stereocenters. The Labute approximate surface area is 120 Å². The molecule has 1 fully saturated rings. The Morgan fingerprint density at radius 3 is 2.86 bits per heavy atom. The fourth-order valence-corrected chi connectivity index (χ4v) is 2.46. The first kappa shape index (κ1) is 15.6. The summed E-state index contributed by atoms with van der Waals surface area (Å²) in [5, 5.41) is 0. The summed E-state index contributed by atoms with van der Waals surface area (Å²) in [6.07, 6.45) is -3.08. The topological polar surface area (TPSA) is 38.8 Å². The second-order valence-electron chi connectivity index (χ2n) is 4.83. The molecular formula is C14H16F3NO3. The Bertz CT molecular complexity index is 504. The lowest BCUT2D eigenvalue weighted by atomic mass is 10.1. The summed E-state index contributed by atoms with van der Waals surface area (Å²) in [4.78, 5) is 14.0. The zero-order valence-corrected chi connectivity index (χ0v) is 11.5. The Hall–Kier alpha value is -1.76. The van der Waals surface area contributed by atoms with Crippen LogP contribution in [0.2, 0.25) is 0 Å². The zero-order valence-electron chi connectivity index (χ0n) is 11.5. The number of ether oxygens (including phenoxy) is 2. The van der Waals surface area contributed by atoms with E-state index in [1.54, 1.807) is 12.0 Å². The van der Waals surface area contributed by atoms with E-state index in [4.69, 9.17) is 4.74 Å². The predicted molar refractivity (Wildman–Crippen MR) is 69.1 cm³/mol. The summed E-state index contributed by atoms with van der Waals surface area (Å²) in [7, 11) is 1.55. The minimum atomic E-state index is -4.77. The van der Waals surface area contributed by atoms with Crippen LogP contribution in [0.15, 0.2) is 24.3 Å². The van der Waals surface area contributed by atoms with Gasteiger partial charge < -0.3 is 14.4 Å². The summed E-state index contributed by atoms with van der Waals surface area (Å²) >= 11 is 0. The molecule has 116 valence electrons. The maximum absolute atomic E-state index is 12.4. The van der Waals surface area contributed by atoms with Gasteiger partial charge >= 0.3 is 6.36 Å². The molecule has 1 saturated heterocycles. The van der Waals surface area contributed by atoms with Crippen LogP contribution in [-0.4, -0.2) is 43.5 Å². The van der Waals surface area contributed by atoms with Crippen molar-refractivity contribution >= 4 is 5.91 Å². The molecular weight excluding hydrogens is 287 g/mol. The van der Waals surface area contributed by atoms with Crippen LogP contribution in [0, 0.1) is 0 Å². The highest BCUT2D eigenvalue weighted by molar-refractivity contribution is 5.95. The Balaban J connectivity index is 2.14. The third-order valence-electron chi connectivity index (χ3n) is 3.31. The van der Waals surface area contributed by atoms with Crippen LogP contribution in [0.3, 0.4) is 0 Å². The second-order valence-corrected chi connectivity index (χ2v) is 4.83. The van der Waals surface area contributed by atoms with Crippen molar-refractivity contribution in [2.24, 2.45) is 0 Å². The maximum atomic E-state index is 12.4. The van der Waals surface area contributed by atoms with Crippen LogP contribution in [-0.2, 0) is 4.74 Å². The average molecular weight is 303 g/mol. The highest BCUT2D eigenvalue weighted by atomic mass is 19.4. The molecule has 1 heterocycles. The van der Waals surface area contributed by atoms with Crippen LogP contribution < -0.4 is 4.74 Å². The normalized spacial score (nSPS) is 18.9. The van der Waals surface area contributed by atoms with Crippen molar-refractivity contribution in [3.05, 3.63) is 29.8 Å². The van der Waals surface area contributed by atoms with Crippen LogP contribution in [0.25, 0.3) is 0 Å². The van der Waals surface area contributed by atoms with Gasteiger partial charge in [0.25, 0.3) is 5.91 Å². The molecule has 0 bridgehead atoms. The molecule has 0 N–H and O–H groups in total. The molecule has 2 rings (SSSR count). The van der Waals surface area contributed by atoms with Crippen molar-refractivity contribution in [1.29, 1.82) is 0 Å². The van der Waals surface area contributed by atoms with E-state index < -0.39 is 12.1 Å². The van der Waals surface area contributed by atoms with Gasteiger partial charge in [0.2, 0.25) is 0 Å². The fraction of sp³-hybridized carbons (Fsp3) is 0.500. The number of alkyl halides is 3. The van der Waals surface area contributed by atoms with Crippen LogP contribution in [0.1, 0.15) is 23.2 Å². The van der Waals surface area contributed by atoms with E-state index in [0.717, 1.165) is 18.9 Å². The number of methoxy groups -OCH3 is 1. The van der Waals surface area contributed by atoms with Gasteiger partial charge in [0, 0.05) is 19.2 Å². The van der Waals surface area contributed by atoms with Gasteiger partial charge in [-0.3, -0.25) is 4.79 Å². The quantitative estimate of drug-likeness (QED) is 0.858. The number of rotatable bonds is 4. The van der Waals surface area contributed by atoms with E-state index in [1.165, 1.54) is 18.2 Å². The number of carbonyl (C=O) groups is 1. The molecule has 0 aliphatic carbocycles. The van der Waals surface area contributed by atoms with Crippen molar-refractivity contribution in [3.8, 4) is 5.75 Å². The molecule has 0 spiro atoms. The third-order valence-corrected chi connectivity index (χ3v) is 3.31. The number of nitrogens with zero attached hydrogens (tertiary/aromatic N) is 1. The van der Waals surface area contributed by atoms with Gasteiger partial charge in [0.15, 0.2) is 0 Å². The SMILES string of the molecule is COCC1CCCN1C(=O)c1cccc(OC(F)(F)F)c1. The molecule has 1 aromatic rings. The number of halogens is 3. The lowest BCUT2D eigenvalue weighted by molar-refractivity contribution is -0.274. The molecule has 1 aromatic carbocycles. The van der Waals surface area contributed by atoms with Gasteiger partial charge in [0.05, 0.1) is 12.6 Å². The third kappa shape index (κ3) is 4.10. The molecule has 7 heteroatoms. The molecule has 0 aromatic heterocycles. The number of amides is 1. The van der Waals surface area contributed by atoms with Gasteiger partial charge in [0.1, 0.15) is 5.75 Å². The van der Waals surface area contributed by atoms with Crippen molar-refractivity contribution in [1.82, 2.24) is 4.90 Å². The molecule has 21 heavy (non-hydrogen) atoms. The van der Waals surface area contributed by atoms with Crippen LogP contribution in [0.5, 0.6) is 5.75 Å². The average Bonchev–Trinajstić information content (AvgIpc) is 2.85. The van der Waals surface area contributed by atoms with E-state index in [2.05, 4.69) is 4.74 Å². The largest absolute Gasteiger partial charge is 0.573 e. The number of likely N-dealkylation sites (tertiary alicyclic amines) is 1. The zero-order chi connectivity index (χ0) is 15.5. The van der Waals surface area contributed by atoms with Gasteiger partial charge in [-0.25, -0.2) is 0 Å². The van der Waals surface area contributed by atoms with E-state index in [-0.39, 0.29) is 17.5 Å². The minimum Gasteiger partial charge on any atom is -0.406 e. The first-order valence-electron chi connectivity index (χ1n) is 6.56. The fourth-order valence-electron chi connectivity index (χ4n) is 2.46. The van der Waals surface area contributed by atoms with Gasteiger partial charge in [-0.2, -0.15) is 0 Å². The lowest BCUT2D eigenvalue weighted by Crippen LogP contribution is -2.38. The second kappa shape index (κ2) is 6.34. The lowest BCUT2D eigenvalue weighted by Gasteiger charge is -2.24. The Kier molecular flexibility index (Phi) is 4.72. The van der Waals surface area contributed by atoms with Crippen LogP contribution in [0.4, 0.5) is 13.2 Å². The molecule has 1 amide bonds. The van der Waals surface area contributed by atoms with Crippen molar-refractivity contribution < 1.29 is 27.4 Å². The van der Waals surface area contributed by atoms with Crippen LogP contribution >= 0.6 is 0 Å². The van der Waals surface area contributed by atoms with Crippen molar-refractivity contribution in [2.75, 3.05) is 20.3 Å². The molecule has 1 aliphatic rings. The van der Waals surface area contributed by atoms with Crippen molar-refractivity contribution in [2.45, 2.75) is 25.2 Å². The van der Waals surface area contributed by atoms with Gasteiger partial charge in [-0.1, -0.05) is 6.07 Å². The highest BCUT2D eigenvalue weighted by Crippen LogP contribution is 2.25. The number of carbonyl (C=O) groups excluding carboxylic acids is 1. The molecule has 1 unspecified atom stereocenters. The van der Waals surface area contributed by atoms with Crippen molar-refractivity contribution in [3.63, 3.8) is 0 Å². The van der Waals surface area contributed by atoms with E-state index in [9.17, 15) is 18.0 Å². The summed E-state index contributed by atoms with van der Waals surface area (Å²) < 4.78 is 45.5. The number of hydrogen-bond donors (Lipinski definition) is 0. The summed E-state index contributed by atoms with van der Waals surface area (Å²) in [6, 6.07) is 5.09. The Morgan fingerprint density at radius 1 is 1.43 bits per heavy atom. The molecule has 1 aliphatic heterocycles. The Morgan fingerprint density at radius 2 is 2.19 bits per heavy atom. The van der Waals surface area contributed by atoms with E-state index in [1.807, 2.05) is 0 Å². The minimum absolute atomic E-state index is 0.0327. The van der Waals surface area contributed by atoms with E-state index in [0.29, 0.717) is 13.2 Å². The summed E-state index contributed by atoms with van der Waals surface area (Å²) in [5.74, 6) is -0.696.